The highest BCUT2D eigenvalue weighted by atomic mass is 19.4. The number of carbonyl (C=O) groups is 2. The number of piperazine rings is 1. The average Bonchev–Trinajstić information content (AvgIpc) is 2.58. The molecule has 0 aromatic heterocycles. The number of nitrogens with zero attached hydrogens (tertiary/aromatic N) is 2. The van der Waals surface area contributed by atoms with Crippen LogP contribution in [0.4, 0.5) is 18.0 Å². The van der Waals surface area contributed by atoms with Crippen LogP contribution in [-0.2, 0) is 10.9 Å². The van der Waals surface area contributed by atoms with Crippen molar-refractivity contribution in [2.45, 2.75) is 6.18 Å². The van der Waals surface area contributed by atoms with Gasteiger partial charge in [0.05, 0.1) is 5.56 Å². The fourth-order valence-electron chi connectivity index (χ4n) is 2.30. The predicted molar refractivity (Wildman–Crippen MR) is 80.5 cm³/mol. The van der Waals surface area contributed by atoms with Gasteiger partial charge in [0.25, 0.3) is 5.91 Å². The lowest BCUT2D eigenvalue weighted by Crippen LogP contribution is -2.50. The van der Waals surface area contributed by atoms with Gasteiger partial charge in [0.1, 0.15) is 6.61 Å². The molecule has 0 radical (unpaired) electrons. The van der Waals surface area contributed by atoms with Gasteiger partial charge in [-0.05, 0) is 24.3 Å². The molecule has 1 saturated heterocycles. The SMILES string of the molecule is C=CCOC(=O)N1CCN(C(=O)c2ccc(C(F)(F)F)cc2)CC1. The van der Waals surface area contributed by atoms with Crippen LogP contribution in [0.25, 0.3) is 0 Å². The average molecular weight is 342 g/mol. The van der Waals surface area contributed by atoms with Crippen molar-refractivity contribution in [1.82, 2.24) is 9.80 Å². The van der Waals surface area contributed by atoms with E-state index in [2.05, 4.69) is 6.58 Å². The van der Waals surface area contributed by atoms with E-state index in [-0.39, 0.29) is 18.1 Å². The molecule has 0 N–H and O–H groups in total. The highest BCUT2D eigenvalue weighted by molar-refractivity contribution is 5.94. The molecule has 0 bridgehead atoms. The molecule has 0 spiro atoms. The van der Waals surface area contributed by atoms with Crippen LogP contribution in [-0.4, -0.2) is 54.6 Å². The largest absolute Gasteiger partial charge is 0.445 e. The molecule has 0 atom stereocenters. The third-order valence-corrected chi connectivity index (χ3v) is 3.61. The number of hydrogen-bond donors (Lipinski definition) is 0. The number of hydrogen-bond acceptors (Lipinski definition) is 3. The summed E-state index contributed by atoms with van der Waals surface area (Å²) in [6.45, 7) is 4.77. The molecule has 0 saturated carbocycles. The van der Waals surface area contributed by atoms with Gasteiger partial charge < -0.3 is 14.5 Å². The van der Waals surface area contributed by atoms with Crippen molar-refractivity contribution in [3.8, 4) is 0 Å². The molecule has 2 amide bonds. The molecule has 5 nitrogen and oxygen atoms in total. The number of ether oxygens (including phenoxy) is 1. The number of halogens is 3. The van der Waals surface area contributed by atoms with Crippen molar-refractivity contribution in [2.24, 2.45) is 0 Å². The molecule has 1 aromatic carbocycles. The number of alkyl halides is 3. The summed E-state index contributed by atoms with van der Waals surface area (Å²) in [4.78, 5) is 27.0. The summed E-state index contributed by atoms with van der Waals surface area (Å²) in [7, 11) is 0. The van der Waals surface area contributed by atoms with Crippen LogP contribution < -0.4 is 0 Å². The van der Waals surface area contributed by atoms with Gasteiger partial charge in [-0.25, -0.2) is 4.79 Å². The van der Waals surface area contributed by atoms with Gasteiger partial charge in [0.2, 0.25) is 0 Å². The van der Waals surface area contributed by atoms with Crippen LogP contribution in [0.3, 0.4) is 0 Å². The van der Waals surface area contributed by atoms with E-state index in [0.717, 1.165) is 24.3 Å². The van der Waals surface area contributed by atoms with Gasteiger partial charge in [-0.15, -0.1) is 0 Å². The predicted octanol–water partition coefficient (Wildman–Crippen LogP) is 2.79. The number of rotatable bonds is 3. The fourth-order valence-corrected chi connectivity index (χ4v) is 2.30. The summed E-state index contributed by atoms with van der Waals surface area (Å²) in [5.74, 6) is -0.358. The van der Waals surface area contributed by atoms with Crippen molar-refractivity contribution in [2.75, 3.05) is 32.8 Å². The maximum absolute atomic E-state index is 12.5. The van der Waals surface area contributed by atoms with Crippen molar-refractivity contribution in [3.05, 3.63) is 48.0 Å². The zero-order valence-electron chi connectivity index (χ0n) is 12.9. The lowest BCUT2D eigenvalue weighted by Gasteiger charge is -2.34. The van der Waals surface area contributed by atoms with Crippen molar-refractivity contribution < 1.29 is 27.5 Å². The van der Waals surface area contributed by atoms with Gasteiger partial charge >= 0.3 is 12.3 Å². The third kappa shape index (κ3) is 4.27. The molecule has 1 fully saturated rings. The molecular weight excluding hydrogens is 325 g/mol. The lowest BCUT2D eigenvalue weighted by molar-refractivity contribution is -0.137. The van der Waals surface area contributed by atoms with Crippen LogP contribution >= 0.6 is 0 Å². The summed E-state index contributed by atoms with van der Waals surface area (Å²) in [5, 5.41) is 0. The van der Waals surface area contributed by atoms with Crippen LogP contribution in [0.2, 0.25) is 0 Å². The Bertz CT molecular complexity index is 606. The molecule has 0 aliphatic carbocycles. The molecular formula is C16H17F3N2O3. The standard InChI is InChI=1S/C16H17F3N2O3/c1-2-11-24-15(23)21-9-7-20(8-10-21)14(22)12-3-5-13(6-4-12)16(17,18)19/h2-6H,1,7-11H2. The van der Waals surface area contributed by atoms with E-state index in [1.807, 2.05) is 0 Å². The highest BCUT2D eigenvalue weighted by Crippen LogP contribution is 2.29. The van der Waals surface area contributed by atoms with Crippen molar-refractivity contribution >= 4 is 12.0 Å². The Balaban J connectivity index is 1.93. The number of carbonyl (C=O) groups excluding carboxylic acids is 2. The van der Waals surface area contributed by atoms with E-state index in [1.165, 1.54) is 15.9 Å². The summed E-state index contributed by atoms with van der Waals surface area (Å²) >= 11 is 0. The van der Waals surface area contributed by atoms with Gasteiger partial charge in [-0.1, -0.05) is 12.7 Å². The molecule has 130 valence electrons. The first-order chi connectivity index (χ1) is 11.3. The van der Waals surface area contributed by atoms with Gasteiger partial charge in [0, 0.05) is 31.7 Å². The van der Waals surface area contributed by atoms with Gasteiger partial charge in [-0.2, -0.15) is 13.2 Å². The molecule has 24 heavy (non-hydrogen) atoms. The Morgan fingerprint density at radius 1 is 1.08 bits per heavy atom. The maximum atomic E-state index is 12.5. The Kier molecular flexibility index (Phi) is 5.48. The monoisotopic (exact) mass is 342 g/mol. The molecule has 1 aliphatic heterocycles. The van der Waals surface area contributed by atoms with E-state index in [0.29, 0.717) is 26.2 Å². The first-order valence-corrected chi connectivity index (χ1v) is 7.32. The van der Waals surface area contributed by atoms with Crippen molar-refractivity contribution in [3.63, 3.8) is 0 Å². The van der Waals surface area contributed by atoms with E-state index < -0.39 is 17.8 Å². The first kappa shape index (κ1) is 17.8. The molecule has 0 unspecified atom stereocenters. The van der Waals surface area contributed by atoms with E-state index in [9.17, 15) is 22.8 Å². The minimum atomic E-state index is -4.43. The van der Waals surface area contributed by atoms with Gasteiger partial charge in [-0.3, -0.25) is 4.79 Å². The maximum Gasteiger partial charge on any atom is 0.416 e. The summed E-state index contributed by atoms with van der Waals surface area (Å²) < 4.78 is 42.5. The van der Waals surface area contributed by atoms with Crippen LogP contribution in [0, 0.1) is 0 Å². The Morgan fingerprint density at radius 3 is 2.12 bits per heavy atom. The van der Waals surface area contributed by atoms with E-state index >= 15 is 0 Å². The minimum Gasteiger partial charge on any atom is -0.445 e. The van der Waals surface area contributed by atoms with Crippen LogP contribution in [0.5, 0.6) is 0 Å². The Hall–Kier alpha value is -2.51. The zero-order chi connectivity index (χ0) is 17.7. The van der Waals surface area contributed by atoms with Crippen LogP contribution in [0.1, 0.15) is 15.9 Å². The normalized spacial score (nSPS) is 15.1. The Morgan fingerprint density at radius 2 is 1.62 bits per heavy atom. The zero-order valence-corrected chi connectivity index (χ0v) is 12.9. The fraction of sp³-hybridized carbons (Fsp3) is 0.375. The van der Waals surface area contributed by atoms with E-state index in [4.69, 9.17) is 4.74 Å². The topological polar surface area (TPSA) is 49.9 Å². The smallest absolute Gasteiger partial charge is 0.416 e. The third-order valence-electron chi connectivity index (χ3n) is 3.61. The second kappa shape index (κ2) is 7.37. The van der Waals surface area contributed by atoms with E-state index in [1.54, 1.807) is 0 Å². The number of benzene rings is 1. The summed E-state index contributed by atoms with van der Waals surface area (Å²) in [5.41, 5.74) is -0.612. The molecule has 1 aliphatic rings. The first-order valence-electron chi connectivity index (χ1n) is 7.32. The van der Waals surface area contributed by atoms with Gasteiger partial charge in [0.15, 0.2) is 0 Å². The highest BCUT2D eigenvalue weighted by Gasteiger charge is 2.31. The quantitative estimate of drug-likeness (QED) is 0.794. The minimum absolute atomic E-state index is 0.115. The second-order valence-corrected chi connectivity index (χ2v) is 5.22. The second-order valence-electron chi connectivity index (χ2n) is 5.22. The van der Waals surface area contributed by atoms with Crippen molar-refractivity contribution in [1.29, 1.82) is 0 Å². The lowest BCUT2D eigenvalue weighted by atomic mass is 10.1. The Labute approximate surface area is 137 Å². The summed E-state index contributed by atoms with van der Waals surface area (Å²) in [6.07, 6.45) is -3.45. The number of amides is 2. The molecule has 1 heterocycles. The molecule has 8 heteroatoms. The summed E-state index contributed by atoms with van der Waals surface area (Å²) in [6, 6.07) is 4.10. The van der Waals surface area contributed by atoms with Crippen LogP contribution in [0.15, 0.2) is 36.9 Å². The molecule has 1 aromatic rings. The molecule has 2 rings (SSSR count).